The number of amides is 1. The Labute approximate surface area is 114 Å². The number of aliphatic hydroxyl groups excluding tert-OH is 1. The van der Waals surface area contributed by atoms with E-state index in [4.69, 9.17) is 4.74 Å². The van der Waals surface area contributed by atoms with E-state index >= 15 is 0 Å². The first-order chi connectivity index (χ1) is 9.06. The summed E-state index contributed by atoms with van der Waals surface area (Å²) in [6.45, 7) is 6.60. The molecule has 106 valence electrons. The van der Waals surface area contributed by atoms with E-state index in [1.165, 1.54) is 0 Å². The smallest absolute Gasteiger partial charge is 0.251 e. The minimum absolute atomic E-state index is 0.0407. The summed E-state index contributed by atoms with van der Waals surface area (Å²) in [5.41, 5.74) is 0.575. The SMILES string of the molecule is CCOc1ccc(C(=O)NC(CO)CC(C)C)cc1. The van der Waals surface area contributed by atoms with E-state index in [1.54, 1.807) is 24.3 Å². The van der Waals surface area contributed by atoms with E-state index < -0.39 is 0 Å². The van der Waals surface area contributed by atoms with Gasteiger partial charge >= 0.3 is 0 Å². The summed E-state index contributed by atoms with van der Waals surface area (Å²) < 4.78 is 5.32. The zero-order valence-corrected chi connectivity index (χ0v) is 11.8. The van der Waals surface area contributed by atoms with Crippen molar-refractivity contribution in [3.05, 3.63) is 29.8 Å². The molecule has 0 aliphatic carbocycles. The van der Waals surface area contributed by atoms with Crippen molar-refractivity contribution in [2.24, 2.45) is 5.92 Å². The maximum Gasteiger partial charge on any atom is 0.251 e. The summed E-state index contributed by atoms with van der Waals surface area (Å²) in [5, 5.41) is 12.1. The van der Waals surface area contributed by atoms with Gasteiger partial charge < -0.3 is 15.2 Å². The lowest BCUT2D eigenvalue weighted by atomic mass is 10.0. The van der Waals surface area contributed by atoms with Crippen molar-refractivity contribution in [1.29, 1.82) is 0 Å². The van der Waals surface area contributed by atoms with Gasteiger partial charge in [0, 0.05) is 5.56 Å². The van der Waals surface area contributed by atoms with Crippen molar-refractivity contribution >= 4 is 5.91 Å². The highest BCUT2D eigenvalue weighted by atomic mass is 16.5. The largest absolute Gasteiger partial charge is 0.494 e. The summed E-state index contributed by atoms with van der Waals surface area (Å²) >= 11 is 0. The zero-order chi connectivity index (χ0) is 14.3. The Kier molecular flexibility index (Phi) is 6.36. The van der Waals surface area contributed by atoms with Crippen molar-refractivity contribution in [2.45, 2.75) is 33.2 Å². The molecule has 1 aromatic carbocycles. The Morgan fingerprint density at radius 1 is 1.32 bits per heavy atom. The summed E-state index contributed by atoms with van der Waals surface area (Å²) in [6.07, 6.45) is 0.763. The van der Waals surface area contributed by atoms with Crippen molar-refractivity contribution in [3.8, 4) is 5.75 Å². The van der Waals surface area contributed by atoms with E-state index in [-0.39, 0.29) is 18.6 Å². The van der Waals surface area contributed by atoms with Gasteiger partial charge in [0.1, 0.15) is 5.75 Å². The first-order valence-corrected chi connectivity index (χ1v) is 6.71. The van der Waals surface area contributed by atoms with E-state index in [9.17, 15) is 9.90 Å². The Hall–Kier alpha value is -1.55. The number of aliphatic hydroxyl groups is 1. The molecule has 0 heterocycles. The molecule has 1 unspecified atom stereocenters. The Bertz CT molecular complexity index is 387. The highest BCUT2D eigenvalue weighted by Crippen LogP contribution is 2.12. The van der Waals surface area contributed by atoms with Gasteiger partial charge in [-0.25, -0.2) is 0 Å². The third kappa shape index (κ3) is 5.30. The Morgan fingerprint density at radius 2 is 1.95 bits per heavy atom. The average molecular weight is 265 g/mol. The minimum atomic E-state index is -0.195. The molecule has 0 fully saturated rings. The molecule has 0 saturated carbocycles. The fraction of sp³-hybridized carbons (Fsp3) is 0.533. The number of hydrogen-bond donors (Lipinski definition) is 2. The van der Waals surface area contributed by atoms with Crippen molar-refractivity contribution in [1.82, 2.24) is 5.32 Å². The second-order valence-corrected chi connectivity index (χ2v) is 4.94. The summed E-state index contributed by atoms with van der Waals surface area (Å²) in [5.74, 6) is 1.01. The molecule has 2 N–H and O–H groups in total. The minimum Gasteiger partial charge on any atom is -0.494 e. The molecule has 1 aromatic rings. The van der Waals surface area contributed by atoms with Crippen molar-refractivity contribution in [3.63, 3.8) is 0 Å². The fourth-order valence-electron chi connectivity index (χ4n) is 1.89. The molecule has 4 nitrogen and oxygen atoms in total. The number of benzene rings is 1. The van der Waals surface area contributed by atoms with Crippen LogP contribution in [0.3, 0.4) is 0 Å². The Morgan fingerprint density at radius 3 is 2.42 bits per heavy atom. The molecule has 1 atom stereocenters. The van der Waals surface area contributed by atoms with Gasteiger partial charge in [-0.2, -0.15) is 0 Å². The molecule has 0 aliphatic heterocycles. The normalized spacial score (nSPS) is 12.3. The van der Waals surface area contributed by atoms with Crippen LogP contribution in [-0.2, 0) is 0 Å². The van der Waals surface area contributed by atoms with Crippen LogP contribution >= 0.6 is 0 Å². The predicted molar refractivity (Wildman–Crippen MR) is 75.4 cm³/mol. The van der Waals surface area contributed by atoms with Crippen LogP contribution < -0.4 is 10.1 Å². The molecule has 1 rings (SSSR count). The number of carbonyl (C=O) groups is 1. The molecule has 0 aromatic heterocycles. The van der Waals surface area contributed by atoms with Gasteiger partial charge in [-0.15, -0.1) is 0 Å². The maximum absolute atomic E-state index is 12.0. The second-order valence-electron chi connectivity index (χ2n) is 4.94. The molecule has 0 bridgehead atoms. The first-order valence-electron chi connectivity index (χ1n) is 6.71. The van der Waals surface area contributed by atoms with Gasteiger partial charge in [0.25, 0.3) is 5.91 Å². The van der Waals surface area contributed by atoms with Gasteiger partial charge in [-0.05, 0) is 43.5 Å². The molecule has 1 amide bonds. The third-order valence-electron chi connectivity index (χ3n) is 2.74. The lowest BCUT2D eigenvalue weighted by molar-refractivity contribution is 0.0908. The number of ether oxygens (including phenoxy) is 1. The number of rotatable bonds is 7. The zero-order valence-electron chi connectivity index (χ0n) is 11.8. The molecular weight excluding hydrogens is 242 g/mol. The van der Waals surface area contributed by atoms with Crippen LogP contribution in [0.4, 0.5) is 0 Å². The maximum atomic E-state index is 12.0. The van der Waals surface area contributed by atoms with Crippen LogP contribution in [0.2, 0.25) is 0 Å². The molecule has 0 radical (unpaired) electrons. The standard InChI is InChI=1S/C15H23NO3/c1-4-19-14-7-5-12(6-8-14)15(18)16-13(10-17)9-11(2)3/h5-8,11,13,17H,4,9-10H2,1-3H3,(H,16,18). The molecule has 4 heteroatoms. The van der Waals surface area contributed by atoms with Crippen LogP contribution in [0, 0.1) is 5.92 Å². The van der Waals surface area contributed by atoms with E-state index in [0.29, 0.717) is 18.1 Å². The lowest BCUT2D eigenvalue weighted by Gasteiger charge is -2.18. The van der Waals surface area contributed by atoms with Crippen molar-refractivity contribution in [2.75, 3.05) is 13.2 Å². The topological polar surface area (TPSA) is 58.6 Å². The van der Waals surface area contributed by atoms with Gasteiger partial charge in [-0.3, -0.25) is 4.79 Å². The first kappa shape index (κ1) is 15.5. The van der Waals surface area contributed by atoms with Gasteiger partial charge in [0.15, 0.2) is 0 Å². The number of carbonyl (C=O) groups excluding carboxylic acids is 1. The summed E-state index contributed by atoms with van der Waals surface area (Å²) in [4.78, 5) is 12.0. The van der Waals surface area contributed by atoms with Crippen LogP contribution in [-0.4, -0.2) is 30.3 Å². The predicted octanol–water partition coefficient (Wildman–Crippen LogP) is 2.22. The van der Waals surface area contributed by atoms with Crippen LogP contribution in [0.1, 0.15) is 37.6 Å². The number of hydrogen-bond acceptors (Lipinski definition) is 3. The van der Waals surface area contributed by atoms with Gasteiger partial charge in [-0.1, -0.05) is 13.8 Å². The van der Waals surface area contributed by atoms with Gasteiger partial charge in [0.05, 0.1) is 19.3 Å². The van der Waals surface area contributed by atoms with E-state index in [0.717, 1.165) is 12.2 Å². The summed E-state index contributed by atoms with van der Waals surface area (Å²) in [6, 6.07) is 6.80. The molecule has 0 aliphatic rings. The van der Waals surface area contributed by atoms with Crippen molar-refractivity contribution < 1.29 is 14.6 Å². The quantitative estimate of drug-likeness (QED) is 0.794. The Balaban J connectivity index is 2.61. The lowest BCUT2D eigenvalue weighted by Crippen LogP contribution is -2.38. The average Bonchev–Trinajstić information content (AvgIpc) is 2.38. The fourth-order valence-corrected chi connectivity index (χ4v) is 1.89. The highest BCUT2D eigenvalue weighted by molar-refractivity contribution is 5.94. The molecule has 0 saturated heterocycles. The molecule has 19 heavy (non-hydrogen) atoms. The highest BCUT2D eigenvalue weighted by Gasteiger charge is 2.14. The molecule has 0 spiro atoms. The molecular formula is C15H23NO3. The van der Waals surface area contributed by atoms with Crippen LogP contribution in [0.25, 0.3) is 0 Å². The second kappa shape index (κ2) is 7.79. The monoisotopic (exact) mass is 265 g/mol. The number of nitrogens with one attached hydrogen (secondary N) is 1. The van der Waals surface area contributed by atoms with Gasteiger partial charge in [0.2, 0.25) is 0 Å². The third-order valence-corrected chi connectivity index (χ3v) is 2.74. The van der Waals surface area contributed by atoms with Crippen LogP contribution in [0.5, 0.6) is 5.75 Å². The summed E-state index contributed by atoms with van der Waals surface area (Å²) in [7, 11) is 0. The van der Waals surface area contributed by atoms with Crippen LogP contribution in [0.15, 0.2) is 24.3 Å². The van der Waals surface area contributed by atoms with E-state index in [1.807, 2.05) is 6.92 Å². The van der Waals surface area contributed by atoms with E-state index in [2.05, 4.69) is 19.2 Å².